The van der Waals surface area contributed by atoms with E-state index in [0.29, 0.717) is 22.2 Å². The predicted molar refractivity (Wildman–Crippen MR) is 74.5 cm³/mol. The van der Waals surface area contributed by atoms with Crippen molar-refractivity contribution >= 4 is 23.2 Å². The molecule has 0 N–H and O–H groups in total. The largest absolute Gasteiger partial charge is 0.361 e. The van der Waals surface area contributed by atoms with Gasteiger partial charge in [-0.3, -0.25) is 0 Å². The number of benzene rings is 1. The zero-order valence-electron chi connectivity index (χ0n) is 10.6. The summed E-state index contributed by atoms with van der Waals surface area (Å²) >= 11 is 12.3. The van der Waals surface area contributed by atoms with Crippen molar-refractivity contribution in [2.24, 2.45) is 0 Å². The molecule has 5 heteroatoms. The fourth-order valence-corrected chi connectivity index (χ4v) is 2.68. The Morgan fingerprint density at radius 3 is 2.42 bits per heavy atom. The van der Waals surface area contributed by atoms with Gasteiger partial charge in [0.1, 0.15) is 5.76 Å². The van der Waals surface area contributed by atoms with Crippen molar-refractivity contribution in [2.75, 3.05) is 0 Å². The highest BCUT2D eigenvalue weighted by Gasteiger charge is 2.22. The second-order valence-corrected chi connectivity index (χ2v) is 5.14. The molecule has 0 aliphatic carbocycles. The second kappa shape index (κ2) is 5.64. The Labute approximate surface area is 121 Å². The lowest BCUT2D eigenvalue weighted by molar-refractivity contribution is 0.392. The summed E-state index contributed by atoms with van der Waals surface area (Å²) in [5.41, 5.74) is 2.32. The molecule has 2 aromatic rings. The average molecular weight is 295 g/mol. The van der Waals surface area contributed by atoms with Gasteiger partial charge >= 0.3 is 0 Å². The SMILES string of the molecule is Cc1noc(C)c1C(C#N)Cc1c(Cl)cccc1Cl. The van der Waals surface area contributed by atoms with Gasteiger partial charge in [-0.25, -0.2) is 0 Å². The summed E-state index contributed by atoms with van der Waals surface area (Å²) in [5.74, 6) is 0.288. The minimum absolute atomic E-state index is 0.372. The average Bonchev–Trinajstić information content (AvgIpc) is 2.70. The maximum absolute atomic E-state index is 9.38. The minimum Gasteiger partial charge on any atom is -0.361 e. The zero-order chi connectivity index (χ0) is 14.0. The van der Waals surface area contributed by atoms with Crippen molar-refractivity contribution in [3.8, 4) is 6.07 Å². The molecule has 98 valence electrons. The van der Waals surface area contributed by atoms with E-state index in [2.05, 4.69) is 11.2 Å². The predicted octanol–water partition coefficient (Wildman–Crippen LogP) is 4.45. The van der Waals surface area contributed by atoms with Crippen LogP contribution in [0, 0.1) is 25.2 Å². The van der Waals surface area contributed by atoms with Crippen molar-refractivity contribution < 1.29 is 4.52 Å². The number of rotatable bonds is 3. The first kappa shape index (κ1) is 13.9. The van der Waals surface area contributed by atoms with Crippen LogP contribution in [-0.4, -0.2) is 5.16 Å². The summed E-state index contributed by atoms with van der Waals surface area (Å²) in [5, 5.41) is 14.4. The molecule has 0 saturated carbocycles. The third-order valence-electron chi connectivity index (χ3n) is 3.06. The van der Waals surface area contributed by atoms with E-state index < -0.39 is 0 Å². The molecule has 3 nitrogen and oxygen atoms in total. The Balaban J connectivity index is 2.39. The molecule has 0 aliphatic heterocycles. The highest BCUT2D eigenvalue weighted by atomic mass is 35.5. The van der Waals surface area contributed by atoms with Gasteiger partial charge in [-0.05, 0) is 38.0 Å². The standard InChI is InChI=1S/C14H12Cl2N2O/c1-8-14(9(2)19-18-8)10(7-17)6-11-12(15)4-3-5-13(11)16/h3-5,10H,6H2,1-2H3. The third kappa shape index (κ3) is 2.75. The smallest absolute Gasteiger partial charge is 0.138 e. The van der Waals surface area contributed by atoms with Gasteiger partial charge in [0.15, 0.2) is 0 Å². The van der Waals surface area contributed by atoms with Crippen molar-refractivity contribution in [3.63, 3.8) is 0 Å². The number of nitriles is 1. The lowest BCUT2D eigenvalue weighted by Crippen LogP contribution is -2.04. The molecule has 1 heterocycles. The summed E-state index contributed by atoms with van der Waals surface area (Å²) < 4.78 is 5.11. The van der Waals surface area contributed by atoms with Crippen LogP contribution in [0.5, 0.6) is 0 Å². The Morgan fingerprint density at radius 1 is 1.32 bits per heavy atom. The van der Waals surface area contributed by atoms with Crippen molar-refractivity contribution in [2.45, 2.75) is 26.2 Å². The third-order valence-corrected chi connectivity index (χ3v) is 3.77. The second-order valence-electron chi connectivity index (χ2n) is 4.32. The summed E-state index contributed by atoms with van der Waals surface area (Å²) in [6, 6.07) is 7.59. The highest BCUT2D eigenvalue weighted by molar-refractivity contribution is 6.36. The fraction of sp³-hybridized carbons (Fsp3) is 0.286. The van der Waals surface area contributed by atoms with Gasteiger partial charge in [-0.2, -0.15) is 5.26 Å². The van der Waals surface area contributed by atoms with E-state index in [4.69, 9.17) is 27.7 Å². The number of hydrogen-bond donors (Lipinski definition) is 0. The number of nitrogens with zero attached hydrogens (tertiary/aromatic N) is 2. The molecule has 0 bridgehead atoms. The molecule has 0 radical (unpaired) electrons. The van der Waals surface area contributed by atoms with Crippen LogP contribution in [0.2, 0.25) is 10.0 Å². The van der Waals surface area contributed by atoms with Crippen molar-refractivity contribution in [3.05, 3.63) is 50.8 Å². The maximum Gasteiger partial charge on any atom is 0.138 e. The summed E-state index contributed by atoms with van der Waals surface area (Å²) in [4.78, 5) is 0. The van der Waals surface area contributed by atoms with Gasteiger partial charge in [-0.15, -0.1) is 0 Å². The highest BCUT2D eigenvalue weighted by Crippen LogP contribution is 2.32. The van der Waals surface area contributed by atoms with Crippen molar-refractivity contribution in [1.29, 1.82) is 5.26 Å². The van der Waals surface area contributed by atoms with Gasteiger partial charge in [0.25, 0.3) is 0 Å². The van der Waals surface area contributed by atoms with Gasteiger partial charge in [0.05, 0.1) is 17.7 Å². The van der Waals surface area contributed by atoms with Crippen LogP contribution in [-0.2, 0) is 6.42 Å². The monoisotopic (exact) mass is 294 g/mol. The molecular formula is C14H12Cl2N2O. The van der Waals surface area contributed by atoms with Crippen LogP contribution in [0.1, 0.15) is 28.5 Å². The molecule has 0 spiro atoms. The number of hydrogen-bond acceptors (Lipinski definition) is 3. The molecular weight excluding hydrogens is 283 g/mol. The first-order chi connectivity index (χ1) is 9.04. The van der Waals surface area contributed by atoms with Crippen LogP contribution in [0.4, 0.5) is 0 Å². The molecule has 1 unspecified atom stereocenters. The number of aryl methyl sites for hydroxylation is 2. The van der Waals surface area contributed by atoms with Crippen LogP contribution >= 0.6 is 23.2 Å². The number of aromatic nitrogens is 1. The van der Waals surface area contributed by atoms with E-state index in [-0.39, 0.29) is 5.92 Å². The summed E-state index contributed by atoms with van der Waals surface area (Å²) in [6.07, 6.45) is 0.442. The molecule has 1 aromatic heterocycles. The molecule has 2 rings (SSSR count). The Hall–Kier alpha value is -1.50. The quantitative estimate of drug-likeness (QED) is 0.840. The lowest BCUT2D eigenvalue weighted by Gasteiger charge is -2.11. The first-order valence-electron chi connectivity index (χ1n) is 5.80. The van der Waals surface area contributed by atoms with Gasteiger partial charge in [-0.1, -0.05) is 34.4 Å². The van der Waals surface area contributed by atoms with Crippen LogP contribution in [0.3, 0.4) is 0 Å². The van der Waals surface area contributed by atoms with Crippen LogP contribution < -0.4 is 0 Å². The molecule has 0 amide bonds. The molecule has 19 heavy (non-hydrogen) atoms. The first-order valence-corrected chi connectivity index (χ1v) is 6.55. The van der Waals surface area contributed by atoms with E-state index in [1.807, 2.05) is 6.92 Å². The van der Waals surface area contributed by atoms with Gasteiger partial charge in [0, 0.05) is 15.6 Å². The van der Waals surface area contributed by atoms with E-state index in [1.165, 1.54) is 0 Å². The summed E-state index contributed by atoms with van der Waals surface area (Å²) in [6.45, 7) is 3.62. The normalized spacial score (nSPS) is 12.2. The van der Waals surface area contributed by atoms with Gasteiger partial charge in [0.2, 0.25) is 0 Å². The Kier molecular flexibility index (Phi) is 4.14. The lowest BCUT2D eigenvalue weighted by atomic mass is 9.92. The van der Waals surface area contributed by atoms with E-state index in [0.717, 1.165) is 16.8 Å². The number of halogens is 2. The molecule has 0 fully saturated rings. The van der Waals surface area contributed by atoms with Crippen molar-refractivity contribution in [1.82, 2.24) is 5.16 Å². The van der Waals surface area contributed by atoms with Crippen LogP contribution in [0.25, 0.3) is 0 Å². The topological polar surface area (TPSA) is 49.8 Å². The summed E-state index contributed by atoms with van der Waals surface area (Å²) in [7, 11) is 0. The maximum atomic E-state index is 9.38. The fourth-order valence-electron chi connectivity index (χ4n) is 2.13. The van der Waals surface area contributed by atoms with E-state index in [1.54, 1.807) is 25.1 Å². The molecule has 1 aromatic carbocycles. The molecule has 1 atom stereocenters. The van der Waals surface area contributed by atoms with Crippen LogP contribution in [0.15, 0.2) is 22.7 Å². The van der Waals surface area contributed by atoms with E-state index >= 15 is 0 Å². The Morgan fingerprint density at radius 2 is 1.95 bits per heavy atom. The zero-order valence-corrected chi connectivity index (χ0v) is 12.1. The minimum atomic E-state index is -0.372. The van der Waals surface area contributed by atoms with E-state index in [9.17, 15) is 5.26 Å². The molecule has 0 saturated heterocycles. The molecule has 0 aliphatic rings. The van der Waals surface area contributed by atoms with Gasteiger partial charge < -0.3 is 4.52 Å². The Bertz CT molecular complexity index is 604.